The quantitative estimate of drug-likeness (QED) is 0.193. The number of unbranched alkanes of at least 4 members (excludes halogenated alkanes) is 1. The van der Waals surface area contributed by atoms with Crippen LogP contribution in [-0.2, 0) is 0 Å². The molecule has 0 atom stereocenters. The minimum atomic E-state index is -0.189. The fraction of sp³-hybridized carbons (Fsp3) is 0.364. The van der Waals surface area contributed by atoms with Crippen molar-refractivity contribution in [2.75, 3.05) is 6.16 Å². The van der Waals surface area contributed by atoms with E-state index in [-0.39, 0.29) is 55.3 Å². The minimum absolute atomic E-state index is 0. The van der Waals surface area contributed by atoms with Crippen LogP contribution in [0.2, 0.25) is 25.1 Å². The second kappa shape index (κ2) is 9.40. The summed E-state index contributed by atoms with van der Waals surface area (Å²) < 4.78 is 0. The van der Waals surface area contributed by atoms with Crippen molar-refractivity contribution >= 4 is 73.0 Å². The van der Waals surface area contributed by atoms with Crippen LogP contribution in [0, 0.1) is 0 Å². The number of benzene rings is 1. The zero-order valence-electron chi connectivity index (χ0n) is 10.1. The van der Waals surface area contributed by atoms with Gasteiger partial charge in [0.2, 0.25) is 0 Å². The third kappa shape index (κ3) is 4.95. The predicted molar refractivity (Wildman–Crippen MR) is 82.9 cm³/mol. The first-order chi connectivity index (χ1) is 8.41. The van der Waals surface area contributed by atoms with Crippen molar-refractivity contribution in [3.05, 3.63) is 30.7 Å². The summed E-state index contributed by atoms with van der Waals surface area (Å²) >= 11 is 29.6. The van der Waals surface area contributed by atoms with Crippen molar-refractivity contribution in [1.82, 2.24) is 0 Å². The Morgan fingerprint density at radius 1 is 0.842 bits per heavy atom. The maximum Gasteiger partial charge on any atom is 1.00 e. The number of rotatable bonds is 5. The van der Waals surface area contributed by atoms with Gasteiger partial charge in [0.1, 0.15) is 0 Å². The summed E-state index contributed by atoms with van der Waals surface area (Å²) in [6.07, 6.45) is 2.77. The second-order valence-electron chi connectivity index (χ2n) is 3.58. The zero-order valence-corrected chi connectivity index (χ0v) is 14.9. The summed E-state index contributed by atoms with van der Waals surface area (Å²) in [6, 6.07) is 0. The van der Waals surface area contributed by atoms with Gasteiger partial charge >= 0.3 is 18.9 Å². The molecule has 19 heavy (non-hydrogen) atoms. The third-order valence-electron chi connectivity index (χ3n) is 2.32. The first-order valence-electron chi connectivity index (χ1n) is 5.11. The van der Waals surface area contributed by atoms with Crippen molar-refractivity contribution < 1.29 is 23.7 Å². The third-order valence-corrected chi connectivity index (χ3v) is 4.95. The average Bonchev–Trinajstić information content (AvgIpc) is 2.34. The van der Waals surface area contributed by atoms with Gasteiger partial charge in [-0.3, -0.25) is 4.79 Å². The summed E-state index contributed by atoms with van der Waals surface area (Å²) in [5, 5.41) is 0.274. The molecular weight excluding hydrogens is 363 g/mol. The summed E-state index contributed by atoms with van der Waals surface area (Å²) in [5.74, 6) is -0.189. The van der Waals surface area contributed by atoms with Gasteiger partial charge in [0, 0.05) is 6.42 Å². The van der Waals surface area contributed by atoms with Crippen LogP contribution in [-0.4, -0.2) is 11.9 Å². The maximum absolute atomic E-state index is 12.0. The molecule has 0 heterocycles. The SMILES string of the molecule is O=C(CCCC[PH-])c1c(Cl)c(Cl)c(Cl)c(Cl)c1Cl.[Li+]. The summed E-state index contributed by atoms with van der Waals surface area (Å²) in [4.78, 5) is 12.0. The number of ketones is 1. The smallest absolute Gasteiger partial charge is 0.558 e. The first-order valence-corrected chi connectivity index (χ1v) is 7.70. The Kier molecular flexibility index (Phi) is 10.1. The molecule has 8 heteroatoms. The van der Waals surface area contributed by atoms with Crippen LogP contribution in [0.15, 0.2) is 0 Å². The summed E-state index contributed by atoms with van der Waals surface area (Å²) in [5.41, 5.74) is 0.145. The van der Waals surface area contributed by atoms with Gasteiger partial charge in [-0.2, -0.15) is 6.16 Å². The van der Waals surface area contributed by atoms with Gasteiger partial charge in [0.25, 0.3) is 0 Å². The molecule has 1 aromatic rings. The van der Waals surface area contributed by atoms with Gasteiger partial charge < -0.3 is 9.24 Å². The molecule has 0 saturated carbocycles. The standard InChI is InChI=1S/C11H9Cl5OP.Li/c12-7-6(5(17)3-1-2-4-18)8(13)10(15)11(16)9(7)14;/h18H,1-4H2;/q-1;+1. The Morgan fingerprint density at radius 2 is 1.26 bits per heavy atom. The van der Waals surface area contributed by atoms with E-state index in [9.17, 15) is 4.79 Å². The Balaban J connectivity index is 0.00000324. The monoisotopic (exact) mass is 370 g/mol. The van der Waals surface area contributed by atoms with E-state index in [1.807, 2.05) is 0 Å². The molecule has 0 unspecified atom stereocenters. The Bertz CT molecular complexity index is 452. The summed E-state index contributed by atoms with van der Waals surface area (Å²) in [7, 11) is 3.34. The van der Waals surface area contributed by atoms with E-state index in [4.69, 9.17) is 58.0 Å². The largest absolute Gasteiger partial charge is 1.00 e. The van der Waals surface area contributed by atoms with Crippen LogP contribution >= 0.6 is 67.2 Å². The molecule has 0 saturated heterocycles. The van der Waals surface area contributed by atoms with Crippen LogP contribution < -0.4 is 18.9 Å². The molecule has 0 bridgehead atoms. The van der Waals surface area contributed by atoms with Crippen LogP contribution in [0.1, 0.15) is 29.6 Å². The van der Waals surface area contributed by atoms with Crippen molar-refractivity contribution in [2.45, 2.75) is 19.3 Å². The van der Waals surface area contributed by atoms with E-state index in [0.29, 0.717) is 6.42 Å². The van der Waals surface area contributed by atoms with E-state index >= 15 is 0 Å². The first kappa shape index (κ1) is 20.4. The molecule has 0 aromatic heterocycles. The van der Waals surface area contributed by atoms with Gasteiger partial charge in [-0.1, -0.05) is 64.4 Å². The molecule has 0 amide bonds. The number of Topliss-reactive ketones (excluding diaryl/α,β-unsaturated/α-hetero) is 1. The molecule has 1 aromatic carbocycles. The second-order valence-corrected chi connectivity index (χ2v) is 5.97. The number of carbonyl (C=O) groups is 1. The fourth-order valence-electron chi connectivity index (χ4n) is 1.39. The molecule has 0 spiro atoms. The van der Waals surface area contributed by atoms with Gasteiger partial charge in [-0.15, -0.1) is 0 Å². The van der Waals surface area contributed by atoms with E-state index in [1.165, 1.54) is 0 Å². The molecule has 1 nitrogen and oxygen atoms in total. The van der Waals surface area contributed by atoms with Gasteiger partial charge in [-0.05, 0) is 6.42 Å². The van der Waals surface area contributed by atoms with Crippen LogP contribution in [0.5, 0.6) is 0 Å². The van der Waals surface area contributed by atoms with Crippen LogP contribution in [0.4, 0.5) is 0 Å². The molecule has 0 radical (unpaired) electrons. The van der Waals surface area contributed by atoms with E-state index in [1.54, 1.807) is 0 Å². The van der Waals surface area contributed by atoms with Crippen molar-refractivity contribution in [2.24, 2.45) is 0 Å². The molecule has 0 aliphatic heterocycles. The molecule has 0 N–H and O–H groups in total. The number of carbonyl (C=O) groups excluding carboxylic acids is 1. The maximum atomic E-state index is 12.0. The predicted octanol–water partition coefficient (Wildman–Crippen LogP) is 3.45. The topological polar surface area (TPSA) is 17.1 Å². The molecule has 0 aliphatic carbocycles. The van der Waals surface area contributed by atoms with Crippen LogP contribution in [0.25, 0.3) is 0 Å². The molecule has 1 rings (SSSR count). The Morgan fingerprint density at radius 3 is 1.68 bits per heavy atom. The van der Waals surface area contributed by atoms with Crippen molar-refractivity contribution in [3.63, 3.8) is 0 Å². The van der Waals surface area contributed by atoms with E-state index in [2.05, 4.69) is 9.24 Å². The van der Waals surface area contributed by atoms with Gasteiger partial charge in [0.05, 0.1) is 30.7 Å². The molecule has 100 valence electrons. The number of hydrogen-bond donors (Lipinski definition) is 0. The van der Waals surface area contributed by atoms with E-state index < -0.39 is 0 Å². The Hall–Kier alpha value is 1.37. The van der Waals surface area contributed by atoms with Crippen LogP contribution in [0.3, 0.4) is 0 Å². The van der Waals surface area contributed by atoms with E-state index in [0.717, 1.165) is 19.0 Å². The number of halogens is 5. The van der Waals surface area contributed by atoms with Crippen molar-refractivity contribution in [1.29, 1.82) is 0 Å². The fourth-order valence-corrected chi connectivity index (χ4v) is 2.98. The normalized spacial score (nSPS) is 10.2. The van der Waals surface area contributed by atoms with Gasteiger partial charge in [0.15, 0.2) is 5.78 Å². The zero-order chi connectivity index (χ0) is 13.9. The van der Waals surface area contributed by atoms with Gasteiger partial charge in [-0.25, -0.2) is 0 Å². The molecule has 0 fully saturated rings. The summed E-state index contributed by atoms with van der Waals surface area (Å²) in [6.45, 7) is 0. The molecular formula is C11H9Cl5LiOP. The molecule has 0 aliphatic rings. The van der Waals surface area contributed by atoms with Crippen molar-refractivity contribution in [3.8, 4) is 0 Å². The number of hydrogen-bond acceptors (Lipinski definition) is 1. The Labute approximate surface area is 152 Å². The average molecular weight is 372 g/mol. The minimum Gasteiger partial charge on any atom is -0.558 e.